The molecule has 0 bridgehead atoms. The summed E-state index contributed by atoms with van der Waals surface area (Å²) in [7, 11) is 1.40. The number of ether oxygens (including phenoxy) is 1. The number of nitrogens with zero attached hydrogens (tertiary/aromatic N) is 3. The van der Waals surface area contributed by atoms with Gasteiger partial charge in [-0.3, -0.25) is 4.90 Å². The maximum Gasteiger partial charge on any atom is 0.322 e. The molecule has 0 radical (unpaired) electrons. The normalized spacial score (nSPS) is 16.3. The number of nitrogens with one attached hydrogen (secondary N) is 1. The van der Waals surface area contributed by atoms with Crippen LogP contribution in [0.2, 0.25) is 5.02 Å². The predicted molar refractivity (Wildman–Crippen MR) is 119 cm³/mol. The number of hydrogen-bond acceptors (Lipinski definition) is 5. The molecule has 9 heteroatoms. The van der Waals surface area contributed by atoms with E-state index in [1.54, 1.807) is 23.1 Å². The Morgan fingerprint density at radius 3 is 2.78 bits per heavy atom. The van der Waals surface area contributed by atoms with Gasteiger partial charge in [-0.1, -0.05) is 35.8 Å². The summed E-state index contributed by atoms with van der Waals surface area (Å²) in [6.45, 7) is 4.37. The van der Waals surface area contributed by atoms with Gasteiger partial charge in [0.05, 0.1) is 18.7 Å². The number of methoxy groups -OCH3 is 1. The van der Waals surface area contributed by atoms with E-state index in [0.29, 0.717) is 28.4 Å². The molecular formula is C23H22ClFN4O3. The predicted octanol–water partition coefficient (Wildman–Crippen LogP) is 5.45. The quantitative estimate of drug-likeness (QED) is 0.533. The number of urea groups is 1. The monoisotopic (exact) mass is 456 g/mol. The van der Waals surface area contributed by atoms with Crippen molar-refractivity contribution in [1.82, 2.24) is 20.4 Å². The molecule has 0 aliphatic carbocycles. The molecule has 2 heterocycles. The van der Waals surface area contributed by atoms with Crippen molar-refractivity contribution < 1.29 is 18.4 Å². The summed E-state index contributed by atoms with van der Waals surface area (Å²) in [4.78, 5) is 19.0. The minimum atomic E-state index is -0.532. The first-order chi connectivity index (χ1) is 15.4. The molecule has 1 aliphatic rings. The Balaban J connectivity index is 1.80. The van der Waals surface area contributed by atoms with E-state index in [0.717, 1.165) is 12.0 Å². The SMILES string of the molecule is CCCN1C(=O)NC(c2cccc(Cl)c2)C(c2nc(-c3ccc(OC)c(F)c3)no2)=C1C. The van der Waals surface area contributed by atoms with Crippen LogP contribution in [-0.2, 0) is 0 Å². The maximum absolute atomic E-state index is 14.2. The first-order valence-electron chi connectivity index (χ1n) is 10.1. The lowest BCUT2D eigenvalue weighted by molar-refractivity contribution is 0.205. The fourth-order valence-electron chi connectivity index (χ4n) is 3.74. The van der Waals surface area contributed by atoms with Crippen LogP contribution in [0.3, 0.4) is 0 Å². The number of benzene rings is 2. The third kappa shape index (κ3) is 4.05. The molecule has 166 valence electrons. The molecule has 0 spiro atoms. The number of aromatic nitrogens is 2. The van der Waals surface area contributed by atoms with Crippen molar-refractivity contribution in [3.8, 4) is 17.1 Å². The summed E-state index contributed by atoms with van der Waals surface area (Å²) >= 11 is 6.20. The second-order valence-corrected chi connectivity index (χ2v) is 7.80. The molecule has 7 nitrogen and oxygen atoms in total. The zero-order valence-electron chi connectivity index (χ0n) is 17.9. The molecule has 2 aromatic carbocycles. The minimum Gasteiger partial charge on any atom is -0.494 e. The fraction of sp³-hybridized carbons (Fsp3) is 0.261. The number of hydrogen-bond donors (Lipinski definition) is 1. The lowest BCUT2D eigenvalue weighted by Gasteiger charge is -2.35. The Labute approximate surface area is 189 Å². The van der Waals surface area contributed by atoms with Gasteiger partial charge in [0.1, 0.15) is 0 Å². The maximum atomic E-state index is 14.2. The van der Waals surface area contributed by atoms with Gasteiger partial charge in [0, 0.05) is 22.8 Å². The average Bonchev–Trinajstić information content (AvgIpc) is 3.26. The highest BCUT2D eigenvalue weighted by atomic mass is 35.5. The van der Waals surface area contributed by atoms with Gasteiger partial charge in [0.2, 0.25) is 5.82 Å². The van der Waals surface area contributed by atoms with Crippen LogP contribution < -0.4 is 10.1 Å². The van der Waals surface area contributed by atoms with E-state index < -0.39 is 11.9 Å². The Hall–Kier alpha value is -3.39. The van der Waals surface area contributed by atoms with Gasteiger partial charge in [0.15, 0.2) is 11.6 Å². The highest BCUT2D eigenvalue weighted by Crippen LogP contribution is 2.38. The van der Waals surface area contributed by atoms with Crippen molar-refractivity contribution in [2.75, 3.05) is 13.7 Å². The molecule has 0 saturated heterocycles. The molecule has 1 N–H and O–H groups in total. The van der Waals surface area contributed by atoms with E-state index >= 15 is 0 Å². The fourth-order valence-corrected chi connectivity index (χ4v) is 3.94. The smallest absolute Gasteiger partial charge is 0.322 e. The molecule has 1 unspecified atom stereocenters. The summed E-state index contributed by atoms with van der Waals surface area (Å²) in [5.41, 5.74) is 2.59. The molecule has 32 heavy (non-hydrogen) atoms. The van der Waals surface area contributed by atoms with Crippen LogP contribution in [0.25, 0.3) is 17.0 Å². The number of carbonyl (C=O) groups is 1. The highest BCUT2D eigenvalue weighted by molar-refractivity contribution is 6.30. The molecule has 1 aromatic heterocycles. The Morgan fingerprint density at radius 2 is 2.09 bits per heavy atom. The standard InChI is InChI=1S/C23H22ClFN4O3/c1-4-10-29-13(2)19(20(26-23(29)30)14-6-5-7-16(24)11-14)22-27-21(28-32-22)15-8-9-18(31-3)17(25)12-15/h5-9,11-12,20H,4,10H2,1-3H3,(H,26,30). The van der Waals surface area contributed by atoms with Gasteiger partial charge < -0.3 is 14.6 Å². The van der Waals surface area contributed by atoms with Crippen LogP contribution in [-0.4, -0.2) is 34.7 Å². The van der Waals surface area contributed by atoms with Crippen LogP contribution in [0.1, 0.15) is 37.8 Å². The lowest BCUT2D eigenvalue weighted by atomic mass is 9.94. The van der Waals surface area contributed by atoms with Gasteiger partial charge >= 0.3 is 6.03 Å². The van der Waals surface area contributed by atoms with E-state index in [1.165, 1.54) is 19.2 Å². The van der Waals surface area contributed by atoms with E-state index in [9.17, 15) is 9.18 Å². The van der Waals surface area contributed by atoms with Crippen molar-refractivity contribution in [3.05, 3.63) is 70.5 Å². The minimum absolute atomic E-state index is 0.127. The highest BCUT2D eigenvalue weighted by Gasteiger charge is 2.35. The zero-order valence-corrected chi connectivity index (χ0v) is 18.6. The van der Waals surface area contributed by atoms with Gasteiger partial charge in [0.25, 0.3) is 5.89 Å². The van der Waals surface area contributed by atoms with Gasteiger partial charge in [-0.25, -0.2) is 9.18 Å². The van der Waals surface area contributed by atoms with Crippen LogP contribution in [0.4, 0.5) is 9.18 Å². The van der Waals surface area contributed by atoms with Crippen molar-refractivity contribution in [1.29, 1.82) is 0 Å². The number of allylic oxidation sites excluding steroid dienone is 1. The summed E-state index contributed by atoms with van der Waals surface area (Å²) in [6.07, 6.45) is 0.778. The van der Waals surface area contributed by atoms with E-state index in [2.05, 4.69) is 15.5 Å². The van der Waals surface area contributed by atoms with Crippen LogP contribution in [0, 0.1) is 5.82 Å². The summed E-state index contributed by atoms with van der Waals surface area (Å²) in [6, 6.07) is 10.9. The van der Waals surface area contributed by atoms with Gasteiger partial charge in [-0.2, -0.15) is 4.98 Å². The molecule has 4 rings (SSSR count). The first-order valence-corrected chi connectivity index (χ1v) is 10.5. The Morgan fingerprint density at radius 1 is 1.28 bits per heavy atom. The molecule has 0 saturated carbocycles. The van der Waals surface area contributed by atoms with E-state index in [1.807, 2.05) is 26.0 Å². The van der Waals surface area contributed by atoms with Crippen LogP contribution >= 0.6 is 11.6 Å². The number of halogens is 2. The summed E-state index contributed by atoms with van der Waals surface area (Å²) < 4.78 is 24.7. The van der Waals surface area contributed by atoms with E-state index in [4.69, 9.17) is 20.9 Å². The molecule has 1 atom stereocenters. The average molecular weight is 457 g/mol. The molecule has 1 aliphatic heterocycles. The molecular weight excluding hydrogens is 435 g/mol. The van der Waals surface area contributed by atoms with Gasteiger partial charge in [-0.15, -0.1) is 0 Å². The number of amides is 2. The third-order valence-electron chi connectivity index (χ3n) is 5.29. The lowest BCUT2D eigenvalue weighted by Crippen LogP contribution is -2.46. The largest absolute Gasteiger partial charge is 0.494 e. The van der Waals surface area contributed by atoms with Crippen molar-refractivity contribution in [3.63, 3.8) is 0 Å². The second kappa shape index (κ2) is 9.00. The Bertz CT molecular complexity index is 1190. The summed E-state index contributed by atoms with van der Waals surface area (Å²) in [5, 5.41) is 7.60. The third-order valence-corrected chi connectivity index (χ3v) is 5.53. The summed E-state index contributed by atoms with van der Waals surface area (Å²) in [5.74, 6) is 0.0651. The van der Waals surface area contributed by atoms with Crippen molar-refractivity contribution in [2.24, 2.45) is 0 Å². The van der Waals surface area contributed by atoms with E-state index in [-0.39, 0.29) is 23.5 Å². The van der Waals surface area contributed by atoms with Gasteiger partial charge in [-0.05, 0) is 49.2 Å². The number of rotatable bonds is 6. The van der Waals surface area contributed by atoms with Crippen LogP contribution in [0.5, 0.6) is 5.75 Å². The first kappa shape index (κ1) is 21.8. The molecule has 2 amide bonds. The zero-order chi connectivity index (χ0) is 22.8. The molecule has 3 aromatic rings. The van der Waals surface area contributed by atoms with Crippen molar-refractivity contribution >= 4 is 23.2 Å². The Kier molecular flexibility index (Phi) is 6.14. The molecule has 0 fully saturated rings. The number of carbonyl (C=O) groups excluding carboxylic acids is 1. The van der Waals surface area contributed by atoms with Crippen LogP contribution in [0.15, 0.2) is 52.7 Å². The topological polar surface area (TPSA) is 80.5 Å². The second-order valence-electron chi connectivity index (χ2n) is 7.36. The van der Waals surface area contributed by atoms with Crippen molar-refractivity contribution in [2.45, 2.75) is 26.3 Å².